The SMILES string of the molecule is COc1ccc(/C=C2\SCCCS2=O)cc1OC. The Bertz CT molecular complexity index is 483. The standard InChI is InChI=1S/C13H16O3S2/c1-15-11-5-4-10(8-12(11)16-2)9-13-17-6-3-7-18(13)14/h4-5,8-9H,3,6-7H2,1-2H3/b13-9+. The number of methoxy groups -OCH3 is 2. The highest BCUT2D eigenvalue weighted by Gasteiger charge is 2.14. The average molecular weight is 284 g/mol. The molecule has 0 aliphatic carbocycles. The van der Waals surface area contributed by atoms with Crippen molar-refractivity contribution in [3.8, 4) is 11.5 Å². The zero-order valence-corrected chi connectivity index (χ0v) is 12.1. The van der Waals surface area contributed by atoms with E-state index in [4.69, 9.17) is 9.47 Å². The molecule has 1 aliphatic rings. The monoisotopic (exact) mass is 284 g/mol. The van der Waals surface area contributed by atoms with Crippen molar-refractivity contribution in [2.24, 2.45) is 0 Å². The fourth-order valence-electron chi connectivity index (χ4n) is 1.72. The number of ether oxygens (including phenoxy) is 2. The van der Waals surface area contributed by atoms with Gasteiger partial charge in [-0.3, -0.25) is 4.21 Å². The summed E-state index contributed by atoms with van der Waals surface area (Å²) < 4.78 is 23.2. The Balaban J connectivity index is 2.28. The van der Waals surface area contributed by atoms with Crippen molar-refractivity contribution in [2.45, 2.75) is 6.42 Å². The molecule has 1 aromatic carbocycles. The van der Waals surface area contributed by atoms with Gasteiger partial charge in [0, 0.05) is 5.75 Å². The van der Waals surface area contributed by atoms with Crippen LogP contribution in [0.1, 0.15) is 12.0 Å². The molecule has 1 atom stereocenters. The molecule has 1 saturated heterocycles. The lowest BCUT2D eigenvalue weighted by atomic mass is 10.2. The Morgan fingerprint density at radius 3 is 2.72 bits per heavy atom. The maximum absolute atomic E-state index is 11.8. The van der Waals surface area contributed by atoms with Crippen LogP contribution in [0.4, 0.5) is 0 Å². The number of thioether (sulfide) groups is 1. The van der Waals surface area contributed by atoms with Gasteiger partial charge in [0.05, 0.1) is 29.3 Å². The third-order valence-electron chi connectivity index (χ3n) is 2.63. The van der Waals surface area contributed by atoms with E-state index in [9.17, 15) is 4.21 Å². The second-order valence-corrected chi connectivity index (χ2v) is 6.76. The maximum atomic E-state index is 11.8. The van der Waals surface area contributed by atoms with E-state index in [1.165, 1.54) is 0 Å². The van der Waals surface area contributed by atoms with Crippen LogP contribution in [0.15, 0.2) is 22.4 Å². The summed E-state index contributed by atoms with van der Waals surface area (Å²) in [6.07, 6.45) is 3.00. The Morgan fingerprint density at radius 1 is 1.28 bits per heavy atom. The van der Waals surface area contributed by atoms with Gasteiger partial charge in [-0.2, -0.15) is 0 Å². The average Bonchev–Trinajstić information content (AvgIpc) is 2.41. The van der Waals surface area contributed by atoms with Crippen LogP contribution in [0, 0.1) is 0 Å². The van der Waals surface area contributed by atoms with E-state index < -0.39 is 10.8 Å². The molecular formula is C13H16O3S2. The first kappa shape index (κ1) is 13.5. The molecule has 1 fully saturated rings. The minimum atomic E-state index is -0.842. The highest BCUT2D eigenvalue weighted by atomic mass is 32.2. The minimum absolute atomic E-state index is 0.693. The van der Waals surface area contributed by atoms with Crippen LogP contribution >= 0.6 is 11.8 Å². The van der Waals surface area contributed by atoms with Crippen LogP contribution in [0.5, 0.6) is 11.5 Å². The summed E-state index contributed by atoms with van der Waals surface area (Å²) in [6, 6.07) is 5.71. The molecule has 0 N–H and O–H groups in total. The van der Waals surface area contributed by atoms with Gasteiger partial charge in [-0.05, 0) is 35.9 Å². The first-order chi connectivity index (χ1) is 8.74. The van der Waals surface area contributed by atoms with Crippen molar-refractivity contribution in [2.75, 3.05) is 25.7 Å². The highest BCUT2D eigenvalue weighted by Crippen LogP contribution is 2.32. The molecule has 1 aliphatic heterocycles. The molecule has 2 rings (SSSR count). The zero-order chi connectivity index (χ0) is 13.0. The summed E-state index contributed by atoms with van der Waals surface area (Å²) in [5.41, 5.74) is 0.991. The molecule has 5 heteroatoms. The van der Waals surface area contributed by atoms with Crippen molar-refractivity contribution in [1.82, 2.24) is 0 Å². The van der Waals surface area contributed by atoms with Crippen molar-refractivity contribution in [3.05, 3.63) is 28.0 Å². The van der Waals surface area contributed by atoms with Gasteiger partial charge in [0.15, 0.2) is 11.5 Å². The quantitative estimate of drug-likeness (QED) is 0.855. The first-order valence-electron chi connectivity index (χ1n) is 5.69. The van der Waals surface area contributed by atoms with E-state index in [0.717, 1.165) is 27.7 Å². The van der Waals surface area contributed by atoms with Gasteiger partial charge in [0.1, 0.15) is 0 Å². The van der Waals surface area contributed by atoms with Crippen LogP contribution in [-0.2, 0) is 10.8 Å². The van der Waals surface area contributed by atoms with Crippen LogP contribution in [0.2, 0.25) is 0 Å². The summed E-state index contributed by atoms with van der Waals surface area (Å²) in [7, 11) is 2.38. The second-order valence-electron chi connectivity index (χ2n) is 3.83. The zero-order valence-electron chi connectivity index (χ0n) is 10.5. The number of hydrogen-bond donors (Lipinski definition) is 0. The normalized spacial score (nSPS) is 21.9. The van der Waals surface area contributed by atoms with Gasteiger partial charge >= 0.3 is 0 Å². The van der Waals surface area contributed by atoms with E-state index in [0.29, 0.717) is 11.5 Å². The van der Waals surface area contributed by atoms with E-state index in [2.05, 4.69) is 0 Å². The Morgan fingerprint density at radius 2 is 2.06 bits per heavy atom. The minimum Gasteiger partial charge on any atom is -0.493 e. The van der Waals surface area contributed by atoms with Gasteiger partial charge < -0.3 is 9.47 Å². The van der Waals surface area contributed by atoms with Crippen molar-refractivity contribution >= 4 is 28.6 Å². The summed E-state index contributed by atoms with van der Waals surface area (Å²) in [5, 5.41) is 0. The van der Waals surface area contributed by atoms with Gasteiger partial charge in [-0.25, -0.2) is 0 Å². The molecule has 0 amide bonds. The summed E-state index contributed by atoms with van der Waals surface area (Å²) in [5.74, 6) is 3.22. The Kier molecular flexibility index (Phi) is 4.72. The fraction of sp³-hybridized carbons (Fsp3) is 0.385. The van der Waals surface area contributed by atoms with E-state index in [1.54, 1.807) is 26.0 Å². The molecule has 0 saturated carbocycles. The molecule has 0 radical (unpaired) electrons. The molecule has 98 valence electrons. The van der Waals surface area contributed by atoms with Crippen molar-refractivity contribution < 1.29 is 13.7 Å². The van der Waals surface area contributed by atoms with Crippen molar-refractivity contribution in [1.29, 1.82) is 0 Å². The van der Waals surface area contributed by atoms with Crippen LogP contribution < -0.4 is 9.47 Å². The Labute approximate surface area is 114 Å². The molecule has 1 heterocycles. The molecule has 3 nitrogen and oxygen atoms in total. The van der Waals surface area contributed by atoms with Crippen molar-refractivity contribution in [3.63, 3.8) is 0 Å². The smallest absolute Gasteiger partial charge is 0.161 e. The fourth-order valence-corrected chi connectivity index (χ4v) is 4.51. The Hall–Kier alpha value is -0.940. The largest absolute Gasteiger partial charge is 0.493 e. The maximum Gasteiger partial charge on any atom is 0.161 e. The summed E-state index contributed by atoms with van der Waals surface area (Å²) in [6.45, 7) is 0. The lowest BCUT2D eigenvalue weighted by Gasteiger charge is -2.13. The predicted octanol–water partition coefficient (Wildman–Crippen LogP) is 2.89. The lowest BCUT2D eigenvalue weighted by Crippen LogP contribution is -2.06. The molecule has 0 aromatic heterocycles. The lowest BCUT2D eigenvalue weighted by molar-refractivity contribution is 0.355. The van der Waals surface area contributed by atoms with Gasteiger partial charge in [-0.15, -0.1) is 11.8 Å². The van der Waals surface area contributed by atoms with Crippen LogP contribution in [0.25, 0.3) is 6.08 Å². The molecule has 1 aromatic rings. The summed E-state index contributed by atoms with van der Waals surface area (Å²) in [4.78, 5) is 0. The van der Waals surface area contributed by atoms with E-state index >= 15 is 0 Å². The third kappa shape index (κ3) is 3.09. The van der Waals surface area contributed by atoms with Crippen LogP contribution in [-0.4, -0.2) is 29.9 Å². The predicted molar refractivity (Wildman–Crippen MR) is 77.6 cm³/mol. The molecule has 18 heavy (non-hydrogen) atoms. The number of rotatable bonds is 3. The molecular weight excluding hydrogens is 268 g/mol. The number of benzene rings is 1. The first-order valence-corrected chi connectivity index (χ1v) is 8.00. The van der Waals surface area contributed by atoms with Crippen LogP contribution in [0.3, 0.4) is 0 Å². The molecule has 0 spiro atoms. The van der Waals surface area contributed by atoms with E-state index in [-0.39, 0.29) is 0 Å². The van der Waals surface area contributed by atoms with E-state index in [1.807, 2.05) is 24.3 Å². The molecule has 0 bridgehead atoms. The molecule has 1 unspecified atom stereocenters. The third-order valence-corrected chi connectivity index (χ3v) is 5.67. The number of hydrogen-bond acceptors (Lipinski definition) is 4. The van der Waals surface area contributed by atoms with Gasteiger partial charge in [-0.1, -0.05) is 6.07 Å². The van der Waals surface area contributed by atoms with Gasteiger partial charge in [0.2, 0.25) is 0 Å². The second kappa shape index (κ2) is 6.29. The van der Waals surface area contributed by atoms with Gasteiger partial charge in [0.25, 0.3) is 0 Å². The summed E-state index contributed by atoms with van der Waals surface area (Å²) >= 11 is 1.68. The highest BCUT2D eigenvalue weighted by molar-refractivity contribution is 8.17. The topological polar surface area (TPSA) is 35.5 Å².